The van der Waals surface area contributed by atoms with Crippen molar-refractivity contribution in [2.45, 2.75) is 51.8 Å². The predicted molar refractivity (Wildman–Crippen MR) is 82.1 cm³/mol. The summed E-state index contributed by atoms with van der Waals surface area (Å²) in [6.45, 7) is 7.56. The summed E-state index contributed by atoms with van der Waals surface area (Å²) in [6, 6.07) is 0.278. The van der Waals surface area contributed by atoms with Gasteiger partial charge in [-0.15, -0.1) is 11.3 Å². The molecule has 1 aliphatic carbocycles. The van der Waals surface area contributed by atoms with Crippen molar-refractivity contribution in [3.05, 3.63) is 15.6 Å². The maximum absolute atomic E-state index is 11.2. The fourth-order valence-electron chi connectivity index (χ4n) is 2.70. The maximum atomic E-state index is 11.2. The van der Waals surface area contributed by atoms with Gasteiger partial charge >= 0.3 is 0 Å². The standard InChI is InChI=1S/C13H23N3O2S2/c1-4-5-15-9-6-13(2,3)7-10-12(9)19-11(16-10)8-20(14,17)18/h9,15H,4-8H2,1-3H3,(H2,14,17,18). The molecular formula is C13H23N3O2S2. The van der Waals surface area contributed by atoms with Gasteiger partial charge < -0.3 is 5.32 Å². The summed E-state index contributed by atoms with van der Waals surface area (Å²) >= 11 is 1.49. The molecule has 114 valence electrons. The van der Waals surface area contributed by atoms with E-state index in [9.17, 15) is 8.42 Å². The molecule has 0 saturated carbocycles. The molecule has 5 nitrogen and oxygen atoms in total. The zero-order valence-electron chi connectivity index (χ0n) is 12.3. The fraction of sp³-hybridized carbons (Fsp3) is 0.769. The van der Waals surface area contributed by atoms with Crippen molar-refractivity contribution in [3.63, 3.8) is 0 Å². The van der Waals surface area contributed by atoms with Gasteiger partial charge in [-0.25, -0.2) is 18.5 Å². The van der Waals surface area contributed by atoms with Gasteiger partial charge in [-0.3, -0.25) is 0 Å². The molecule has 7 heteroatoms. The van der Waals surface area contributed by atoms with Gasteiger partial charge in [0.25, 0.3) is 0 Å². The Balaban J connectivity index is 2.28. The van der Waals surface area contributed by atoms with E-state index in [0.717, 1.165) is 31.5 Å². The predicted octanol–water partition coefficient (Wildman–Crippen LogP) is 1.94. The van der Waals surface area contributed by atoms with Gasteiger partial charge in [-0.2, -0.15) is 0 Å². The van der Waals surface area contributed by atoms with E-state index in [1.807, 2.05) is 0 Å². The summed E-state index contributed by atoms with van der Waals surface area (Å²) < 4.78 is 22.4. The Hall–Kier alpha value is -0.500. The van der Waals surface area contributed by atoms with E-state index in [0.29, 0.717) is 5.01 Å². The van der Waals surface area contributed by atoms with E-state index in [2.05, 4.69) is 31.1 Å². The lowest BCUT2D eigenvalue weighted by Gasteiger charge is -2.34. The highest BCUT2D eigenvalue weighted by Crippen LogP contribution is 2.43. The molecule has 0 bridgehead atoms. The summed E-state index contributed by atoms with van der Waals surface area (Å²) in [7, 11) is -3.51. The lowest BCUT2D eigenvalue weighted by Crippen LogP contribution is -2.33. The van der Waals surface area contributed by atoms with E-state index in [-0.39, 0.29) is 17.2 Å². The molecular weight excluding hydrogens is 294 g/mol. The molecule has 1 aromatic rings. The Kier molecular flexibility index (Phi) is 4.53. The van der Waals surface area contributed by atoms with Crippen LogP contribution in [0.3, 0.4) is 0 Å². The van der Waals surface area contributed by atoms with Gasteiger partial charge in [0, 0.05) is 10.9 Å². The van der Waals surface area contributed by atoms with E-state index < -0.39 is 10.0 Å². The second-order valence-corrected chi connectivity index (χ2v) is 9.01. The van der Waals surface area contributed by atoms with Crippen LogP contribution in [0.1, 0.15) is 55.2 Å². The van der Waals surface area contributed by atoms with E-state index in [1.54, 1.807) is 0 Å². The molecule has 0 aliphatic heterocycles. The minimum atomic E-state index is -3.51. The molecule has 1 atom stereocenters. The number of nitrogens with one attached hydrogen (secondary N) is 1. The van der Waals surface area contributed by atoms with Crippen molar-refractivity contribution in [1.82, 2.24) is 10.3 Å². The van der Waals surface area contributed by atoms with Gasteiger partial charge in [0.05, 0.1) is 5.69 Å². The Morgan fingerprint density at radius 3 is 2.80 bits per heavy atom. The highest BCUT2D eigenvalue weighted by molar-refractivity contribution is 7.88. The summed E-state index contributed by atoms with van der Waals surface area (Å²) in [5.41, 5.74) is 1.23. The summed E-state index contributed by atoms with van der Waals surface area (Å²) in [5, 5.41) is 9.28. The number of fused-ring (bicyclic) bond motifs is 1. The molecule has 0 amide bonds. The van der Waals surface area contributed by atoms with Crippen molar-refractivity contribution < 1.29 is 8.42 Å². The molecule has 0 saturated heterocycles. The van der Waals surface area contributed by atoms with Crippen LogP contribution < -0.4 is 10.5 Å². The first-order valence-electron chi connectivity index (χ1n) is 6.92. The molecule has 0 aromatic carbocycles. The number of nitrogens with zero attached hydrogens (tertiary/aromatic N) is 1. The normalized spacial score (nSPS) is 21.7. The monoisotopic (exact) mass is 317 g/mol. The van der Waals surface area contributed by atoms with Crippen LogP contribution in [0.15, 0.2) is 0 Å². The highest BCUT2D eigenvalue weighted by atomic mass is 32.2. The van der Waals surface area contributed by atoms with Crippen molar-refractivity contribution in [3.8, 4) is 0 Å². The molecule has 0 radical (unpaired) electrons. The average molecular weight is 317 g/mol. The summed E-state index contributed by atoms with van der Waals surface area (Å²) in [6.07, 6.45) is 3.03. The number of thiazole rings is 1. The summed E-state index contributed by atoms with van der Waals surface area (Å²) in [4.78, 5) is 5.70. The number of hydrogen-bond donors (Lipinski definition) is 2. The van der Waals surface area contributed by atoms with Crippen LogP contribution in [-0.4, -0.2) is 19.9 Å². The van der Waals surface area contributed by atoms with E-state index in [1.165, 1.54) is 16.2 Å². The third-order valence-corrected chi connectivity index (χ3v) is 5.53. The van der Waals surface area contributed by atoms with Crippen LogP contribution >= 0.6 is 11.3 Å². The Bertz CT molecular complexity index is 578. The minimum absolute atomic E-state index is 0.161. The molecule has 0 fully saturated rings. The molecule has 1 unspecified atom stereocenters. The Morgan fingerprint density at radius 1 is 1.50 bits per heavy atom. The zero-order chi connectivity index (χ0) is 15.0. The van der Waals surface area contributed by atoms with Crippen molar-refractivity contribution >= 4 is 21.4 Å². The highest BCUT2D eigenvalue weighted by Gasteiger charge is 2.34. The quantitative estimate of drug-likeness (QED) is 0.869. The van der Waals surface area contributed by atoms with Crippen LogP contribution in [0.25, 0.3) is 0 Å². The first-order valence-corrected chi connectivity index (χ1v) is 9.46. The summed E-state index contributed by atoms with van der Waals surface area (Å²) in [5.74, 6) is -0.161. The number of sulfonamides is 1. The van der Waals surface area contributed by atoms with Crippen LogP contribution in [0.5, 0.6) is 0 Å². The number of aromatic nitrogens is 1. The minimum Gasteiger partial charge on any atom is -0.309 e. The van der Waals surface area contributed by atoms with Crippen molar-refractivity contribution in [2.75, 3.05) is 6.54 Å². The topological polar surface area (TPSA) is 85.1 Å². The molecule has 1 aliphatic rings. The first kappa shape index (κ1) is 15.9. The molecule has 1 aromatic heterocycles. The number of primary sulfonamides is 1. The van der Waals surface area contributed by atoms with Gasteiger partial charge in [-0.1, -0.05) is 20.8 Å². The molecule has 0 spiro atoms. The molecule has 1 heterocycles. The van der Waals surface area contributed by atoms with Crippen molar-refractivity contribution in [1.29, 1.82) is 0 Å². The third kappa shape index (κ3) is 4.00. The van der Waals surface area contributed by atoms with Gasteiger partial charge in [0.2, 0.25) is 10.0 Å². The van der Waals surface area contributed by atoms with Gasteiger partial charge in [0.1, 0.15) is 10.8 Å². The van der Waals surface area contributed by atoms with Crippen LogP contribution in [0.4, 0.5) is 0 Å². The van der Waals surface area contributed by atoms with Crippen LogP contribution in [0, 0.1) is 5.41 Å². The van der Waals surface area contributed by atoms with Crippen molar-refractivity contribution in [2.24, 2.45) is 10.6 Å². The number of rotatable bonds is 5. The number of nitrogens with two attached hydrogens (primary N) is 1. The zero-order valence-corrected chi connectivity index (χ0v) is 13.9. The van der Waals surface area contributed by atoms with Crippen LogP contribution in [-0.2, 0) is 22.2 Å². The van der Waals surface area contributed by atoms with E-state index >= 15 is 0 Å². The van der Waals surface area contributed by atoms with Gasteiger partial charge in [-0.05, 0) is 31.2 Å². The smallest absolute Gasteiger partial charge is 0.215 e. The average Bonchev–Trinajstić information content (AvgIpc) is 2.63. The Labute approximate surface area is 125 Å². The third-order valence-electron chi connectivity index (χ3n) is 3.46. The van der Waals surface area contributed by atoms with Crippen LogP contribution in [0.2, 0.25) is 0 Å². The van der Waals surface area contributed by atoms with E-state index in [4.69, 9.17) is 5.14 Å². The lowest BCUT2D eigenvalue weighted by atomic mass is 9.76. The number of hydrogen-bond acceptors (Lipinski definition) is 5. The van der Waals surface area contributed by atoms with Gasteiger partial charge in [0.15, 0.2) is 0 Å². The first-order chi connectivity index (χ1) is 9.20. The lowest BCUT2D eigenvalue weighted by molar-refractivity contribution is 0.258. The Morgan fingerprint density at radius 2 is 2.20 bits per heavy atom. The molecule has 20 heavy (non-hydrogen) atoms. The fourth-order valence-corrected chi connectivity index (χ4v) is 4.79. The molecule has 2 rings (SSSR count). The molecule has 3 N–H and O–H groups in total. The largest absolute Gasteiger partial charge is 0.309 e. The second kappa shape index (κ2) is 5.71. The maximum Gasteiger partial charge on any atom is 0.215 e. The second-order valence-electron chi connectivity index (χ2n) is 6.28. The SMILES string of the molecule is CCCNC1CC(C)(C)Cc2nc(CS(N)(=O)=O)sc21.